The van der Waals surface area contributed by atoms with Crippen LogP contribution in [0.2, 0.25) is 0 Å². The van der Waals surface area contributed by atoms with Gasteiger partial charge in [-0.15, -0.1) is 0 Å². The molecule has 0 spiro atoms. The van der Waals surface area contributed by atoms with Gasteiger partial charge >= 0.3 is 0 Å². The van der Waals surface area contributed by atoms with Crippen molar-refractivity contribution in [2.24, 2.45) is 0 Å². The Bertz CT molecular complexity index is 1440. The summed E-state index contributed by atoms with van der Waals surface area (Å²) in [7, 11) is 0. The molecular formula is C25H19N5. The Kier molecular flexibility index (Phi) is 4.26. The molecular weight excluding hydrogens is 370 g/mol. The molecule has 2 aromatic carbocycles. The maximum atomic E-state index is 9.58. The summed E-state index contributed by atoms with van der Waals surface area (Å²) in [4.78, 5) is 9.30. The third-order valence-corrected chi connectivity index (χ3v) is 5.30. The predicted octanol–water partition coefficient (Wildman–Crippen LogP) is 5.63. The van der Waals surface area contributed by atoms with E-state index in [0.29, 0.717) is 5.56 Å². The number of nitriles is 1. The third-order valence-electron chi connectivity index (χ3n) is 5.30. The molecule has 0 saturated carbocycles. The van der Waals surface area contributed by atoms with Crippen LogP contribution in [-0.2, 0) is 0 Å². The van der Waals surface area contributed by atoms with Crippen molar-refractivity contribution in [1.82, 2.24) is 19.7 Å². The molecule has 0 saturated heterocycles. The second-order valence-corrected chi connectivity index (χ2v) is 7.55. The molecule has 0 N–H and O–H groups in total. The summed E-state index contributed by atoms with van der Waals surface area (Å²) >= 11 is 0. The van der Waals surface area contributed by atoms with Crippen LogP contribution in [0.15, 0.2) is 73.1 Å². The number of pyridine rings is 2. The van der Waals surface area contributed by atoms with Crippen LogP contribution < -0.4 is 0 Å². The second kappa shape index (κ2) is 7.09. The average molecular weight is 389 g/mol. The van der Waals surface area contributed by atoms with E-state index in [2.05, 4.69) is 42.0 Å². The number of hydrogen-bond donors (Lipinski definition) is 0. The van der Waals surface area contributed by atoms with Crippen molar-refractivity contribution in [3.63, 3.8) is 0 Å². The molecule has 3 heterocycles. The first-order valence-electron chi connectivity index (χ1n) is 9.89. The molecule has 5 heteroatoms. The molecule has 0 atom stereocenters. The summed E-state index contributed by atoms with van der Waals surface area (Å²) < 4.78 is 1.79. The van der Waals surface area contributed by atoms with E-state index in [9.17, 15) is 5.26 Å². The van der Waals surface area contributed by atoms with Gasteiger partial charge in [0.15, 0.2) is 5.65 Å². The minimum absolute atomic E-state index is 0.194. The highest BCUT2D eigenvalue weighted by Crippen LogP contribution is 2.35. The smallest absolute Gasteiger partial charge is 0.163 e. The van der Waals surface area contributed by atoms with Crippen molar-refractivity contribution in [3.8, 4) is 22.9 Å². The van der Waals surface area contributed by atoms with Gasteiger partial charge in [-0.1, -0.05) is 44.2 Å². The van der Waals surface area contributed by atoms with Crippen LogP contribution in [0.3, 0.4) is 0 Å². The molecule has 0 fully saturated rings. The minimum Gasteiger partial charge on any atom is -0.256 e. The Morgan fingerprint density at radius 2 is 1.77 bits per heavy atom. The molecule has 0 unspecified atom stereocenters. The lowest BCUT2D eigenvalue weighted by molar-refractivity contribution is 0.775. The third kappa shape index (κ3) is 2.82. The normalized spacial score (nSPS) is 11.3. The highest BCUT2D eigenvalue weighted by atomic mass is 15.3. The molecule has 0 amide bonds. The van der Waals surface area contributed by atoms with Gasteiger partial charge in [-0.3, -0.25) is 4.98 Å². The Morgan fingerprint density at radius 1 is 0.967 bits per heavy atom. The van der Waals surface area contributed by atoms with Gasteiger partial charge < -0.3 is 0 Å². The number of fused-ring (bicyclic) bond motifs is 2. The van der Waals surface area contributed by atoms with E-state index in [1.54, 1.807) is 16.9 Å². The number of benzene rings is 2. The van der Waals surface area contributed by atoms with Crippen molar-refractivity contribution < 1.29 is 0 Å². The summed E-state index contributed by atoms with van der Waals surface area (Å²) in [5.41, 5.74) is 6.03. The van der Waals surface area contributed by atoms with Crippen LogP contribution in [0.4, 0.5) is 0 Å². The van der Waals surface area contributed by atoms with Gasteiger partial charge in [0, 0.05) is 23.3 Å². The van der Waals surface area contributed by atoms with Gasteiger partial charge in [0.2, 0.25) is 0 Å². The quantitative estimate of drug-likeness (QED) is 0.401. The van der Waals surface area contributed by atoms with Gasteiger partial charge in [-0.2, -0.15) is 10.4 Å². The highest BCUT2D eigenvalue weighted by Gasteiger charge is 2.21. The van der Waals surface area contributed by atoms with Crippen LogP contribution >= 0.6 is 0 Å². The Hall–Kier alpha value is -4.04. The van der Waals surface area contributed by atoms with Gasteiger partial charge in [0.25, 0.3) is 0 Å². The number of hydrogen-bond acceptors (Lipinski definition) is 4. The van der Waals surface area contributed by atoms with Gasteiger partial charge in [0.05, 0.1) is 27.8 Å². The minimum atomic E-state index is 0.194. The van der Waals surface area contributed by atoms with Gasteiger partial charge in [0.1, 0.15) is 6.07 Å². The van der Waals surface area contributed by atoms with Gasteiger partial charge in [-0.25, -0.2) is 9.67 Å². The molecule has 0 aliphatic heterocycles. The van der Waals surface area contributed by atoms with E-state index in [0.717, 1.165) is 44.4 Å². The van der Waals surface area contributed by atoms with E-state index in [4.69, 9.17) is 5.10 Å². The fourth-order valence-electron chi connectivity index (χ4n) is 3.85. The fraction of sp³-hybridized carbons (Fsp3) is 0.120. The second-order valence-electron chi connectivity index (χ2n) is 7.55. The molecule has 30 heavy (non-hydrogen) atoms. The molecule has 144 valence electrons. The first-order valence-corrected chi connectivity index (χ1v) is 9.89. The zero-order chi connectivity index (χ0) is 20.7. The lowest BCUT2D eigenvalue weighted by Crippen LogP contribution is -2.01. The van der Waals surface area contributed by atoms with Crippen molar-refractivity contribution >= 4 is 21.9 Å². The van der Waals surface area contributed by atoms with Crippen molar-refractivity contribution in [3.05, 3.63) is 84.3 Å². The topological polar surface area (TPSA) is 67.4 Å². The molecule has 0 aliphatic carbocycles. The van der Waals surface area contributed by atoms with E-state index in [1.807, 2.05) is 48.7 Å². The van der Waals surface area contributed by atoms with E-state index in [1.165, 1.54) is 0 Å². The number of rotatable bonds is 3. The Morgan fingerprint density at radius 3 is 2.60 bits per heavy atom. The first kappa shape index (κ1) is 18.0. The van der Waals surface area contributed by atoms with Crippen molar-refractivity contribution in [1.29, 1.82) is 5.26 Å². The average Bonchev–Trinajstić information content (AvgIpc) is 3.19. The number of aromatic nitrogens is 4. The summed E-state index contributed by atoms with van der Waals surface area (Å²) in [6, 6.07) is 22.0. The molecule has 5 rings (SSSR count). The first-order chi connectivity index (χ1) is 14.7. The maximum Gasteiger partial charge on any atom is 0.163 e. The standard InChI is InChI=1S/C25H19N5/c1-16(2)24-23-20(19-13-17-7-3-5-9-21(17)28-15-19)11-12-27-25(23)30(29-24)22-10-6-4-8-18(22)14-26/h3-13,15-16H,1-2H3. The molecule has 5 nitrogen and oxygen atoms in total. The Labute approximate surface area is 174 Å². The summed E-state index contributed by atoms with van der Waals surface area (Å²) in [5.74, 6) is 0.194. The largest absolute Gasteiger partial charge is 0.256 e. The van der Waals surface area contributed by atoms with Crippen LogP contribution in [0.5, 0.6) is 0 Å². The zero-order valence-electron chi connectivity index (χ0n) is 16.7. The van der Waals surface area contributed by atoms with Crippen LogP contribution in [0, 0.1) is 11.3 Å². The van der Waals surface area contributed by atoms with Crippen LogP contribution in [-0.4, -0.2) is 19.7 Å². The van der Waals surface area contributed by atoms with E-state index < -0.39 is 0 Å². The highest BCUT2D eigenvalue weighted by molar-refractivity contribution is 5.97. The summed E-state index contributed by atoms with van der Waals surface area (Å²) in [6.45, 7) is 4.25. The van der Waals surface area contributed by atoms with E-state index in [-0.39, 0.29) is 5.92 Å². The van der Waals surface area contributed by atoms with E-state index >= 15 is 0 Å². The molecule has 0 radical (unpaired) electrons. The molecule has 0 bridgehead atoms. The van der Waals surface area contributed by atoms with Crippen LogP contribution in [0.25, 0.3) is 38.8 Å². The fourth-order valence-corrected chi connectivity index (χ4v) is 3.85. The van der Waals surface area contributed by atoms with Crippen molar-refractivity contribution in [2.75, 3.05) is 0 Å². The lowest BCUT2D eigenvalue weighted by Gasteiger charge is -2.08. The van der Waals surface area contributed by atoms with Gasteiger partial charge in [-0.05, 0) is 41.8 Å². The zero-order valence-corrected chi connectivity index (χ0v) is 16.7. The van der Waals surface area contributed by atoms with Crippen molar-refractivity contribution in [2.45, 2.75) is 19.8 Å². The maximum absolute atomic E-state index is 9.58. The van der Waals surface area contributed by atoms with Crippen LogP contribution in [0.1, 0.15) is 31.0 Å². The number of nitrogens with zero attached hydrogens (tertiary/aromatic N) is 5. The SMILES string of the molecule is CC(C)c1nn(-c2ccccc2C#N)c2nccc(-c3cnc4ccccc4c3)c12. The lowest BCUT2D eigenvalue weighted by atomic mass is 9.98. The summed E-state index contributed by atoms with van der Waals surface area (Å²) in [5, 5.41) is 16.6. The molecule has 0 aliphatic rings. The monoisotopic (exact) mass is 389 g/mol. The molecule has 3 aromatic heterocycles. The predicted molar refractivity (Wildman–Crippen MR) is 118 cm³/mol. The summed E-state index contributed by atoms with van der Waals surface area (Å²) in [6.07, 6.45) is 3.70. The molecule has 5 aromatic rings. The number of para-hydroxylation sites is 2. The Balaban J connectivity index is 1.82.